The number of isocyanates is 1. The lowest BCUT2D eigenvalue weighted by molar-refractivity contribution is -0.132. The molecule has 1 heterocycles. The lowest BCUT2D eigenvalue weighted by atomic mass is 10.2. The molecule has 7 heteroatoms. The molecule has 1 atom stereocenters. The number of benzene rings is 1. The highest BCUT2D eigenvalue weighted by atomic mass is 28.4. The molecule has 1 unspecified atom stereocenters. The van der Waals surface area contributed by atoms with Crippen LogP contribution in [0.25, 0.3) is 0 Å². The van der Waals surface area contributed by atoms with Gasteiger partial charge in [0.25, 0.3) is 11.4 Å². The Balaban J connectivity index is 2.30. The molecule has 1 aromatic carbocycles. The Kier molecular flexibility index (Phi) is 3.87. The molecule has 1 fully saturated rings. The van der Waals surface area contributed by atoms with E-state index in [2.05, 4.69) is 4.99 Å². The Hall–Kier alpha value is -1.79. The Labute approximate surface area is 117 Å². The molecule has 0 N–H and O–H groups in total. The second kappa shape index (κ2) is 5.30. The maximum Gasteiger partial charge on any atom is 0.351 e. The second-order valence-electron chi connectivity index (χ2n) is 4.84. The van der Waals surface area contributed by atoms with Gasteiger partial charge in [-0.25, -0.2) is 9.79 Å². The monoisotopic (exact) mass is 293 g/mol. The summed E-state index contributed by atoms with van der Waals surface area (Å²) in [5.41, 5.74) is 0.0141. The van der Waals surface area contributed by atoms with Crippen molar-refractivity contribution in [3.8, 4) is 0 Å². The van der Waals surface area contributed by atoms with Crippen LogP contribution in [0.2, 0.25) is 6.55 Å². The number of carbonyl (C=O) groups excluding carboxylic acids is 2. The van der Waals surface area contributed by atoms with Crippen LogP contribution in [0.15, 0.2) is 29.3 Å². The van der Waals surface area contributed by atoms with Gasteiger partial charge >= 0.3 is 8.32 Å². The molecule has 1 saturated heterocycles. The van der Waals surface area contributed by atoms with Crippen molar-refractivity contribution < 1.29 is 23.8 Å². The summed E-state index contributed by atoms with van der Waals surface area (Å²) in [5, 5.41) is 0.867. The van der Waals surface area contributed by atoms with E-state index >= 15 is 0 Å². The molecule has 20 heavy (non-hydrogen) atoms. The quantitative estimate of drug-likeness (QED) is 0.267. The lowest BCUT2D eigenvalue weighted by Crippen LogP contribution is -2.60. The van der Waals surface area contributed by atoms with Gasteiger partial charge < -0.3 is 4.43 Å². The first-order valence-electron chi connectivity index (χ1n) is 6.11. The number of carbonyl (C=O) groups is 1. The predicted molar refractivity (Wildman–Crippen MR) is 71.9 cm³/mol. The van der Waals surface area contributed by atoms with Crippen molar-refractivity contribution in [1.82, 2.24) is 0 Å². The largest absolute Gasteiger partial charge is 0.509 e. The van der Waals surface area contributed by atoms with Gasteiger partial charge in [-0.15, -0.1) is 0 Å². The Morgan fingerprint density at radius 3 is 2.45 bits per heavy atom. The van der Waals surface area contributed by atoms with Gasteiger partial charge in [0.15, 0.2) is 0 Å². The molecule has 1 aromatic rings. The van der Waals surface area contributed by atoms with E-state index in [4.69, 9.17) is 14.2 Å². The molecule has 2 rings (SSSR count). The maximum absolute atomic E-state index is 11.4. The maximum atomic E-state index is 11.4. The van der Waals surface area contributed by atoms with Crippen molar-refractivity contribution in [3.05, 3.63) is 29.8 Å². The smallest absolute Gasteiger partial charge is 0.351 e. The fraction of sp³-hybridized carbons (Fsp3) is 0.385. The topological polar surface area (TPSA) is 80.8 Å². The Morgan fingerprint density at radius 2 is 2.00 bits per heavy atom. The van der Waals surface area contributed by atoms with E-state index < -0.39 is 13.7 Å². The van der Waals surface area contributed by atoms with Gasteiger partial charge in [0, 0.05) is 6.92 Å². The van der Waals surface area contributed by atoms with E-state index in [9.17, 15) is 9.59 Å². The van der Waals surface area contributed by atoms with E-state index in [-0.39, 0.29) is 12.5 Å². The summed E-state index contributed by atoms with van der Waals surface area (Å²) in [6.07, 6.45) is 1.50. The summed E-state index contributed by atoms with van der Waals surface area (Å²) in [4.78, 5) is 35.0. The molecular weight excluding hydrogens is 278 g/mol. The van der Waals surface area contributed by atoms with Crippen LogP contribution in [-0.2, 0) is 30.3 Å². The van der Waals surface area contributed by atoms with Crippen LogP contribution in [0.1, 0.15) is 19.4 Å². The van der Waals surface area contributed by atoms with Crippen molar-refractivity contribution in [2.24, 2.45) is 4.99 Å². The van der Waals surface area contributed by atoms with Crippen LogP contribution in [0.5, 0.6) is 0 Å². The van der Waals surface area contributed by atoms with Gasteiger partial charge in [0.05, 0.1) is 6.54 Å². The van der Waals surface area contributed by atoms with Crippen molar-refractivity contribution >= 4 is 25.6 Å². The van der Waals surface area contributed by atoms with Crippen LogP contribution in [0, 0.1) is 0 Å². The first-order valence-corrected chi connectivity index (χ1v) is 8.51. The van der Waals surface area contributed by atoms with Gasteiger partial charge in [0.2, 0.25) is 6.08 Å². The van der Waals surface area contributed by atoms with Crippen molar-refractivity contribution in [2.45, 2.75) is 32.3 Å². The lowest BCUT2D eigenvalue weighted by Gasteiger charge is -2.27. The molecule has 106 valence electrons. The van der Waals surface area contributed by atoms with Gasteiger partial charge in [-0.1, -0.05) is 24.3 Å². The highest BCUT2D eigenvalue weighted by Gasteiger charge is 2.66. The van der Waals surface area contributed by atoms with Crippen LogP contribution < -0.4 is 5.19 Å². The number of hydrogen-bond acceptors (Lipinski definition) is 6. The molecule has 0 amide bonds. The third-order valence-electron chi connectivity index (χ3n) is 3.38. The van der Waals surface area contributed by atoms with Crippen molar-refractivity contribution in [2.75, 3.05) is 0 Å². The van der Waals surface area contributed by atoms with Gasteiger partial charge in [-0.05, 0) is 24.2 Å². The molecule has 0 radical (unpaired) electrons. The molecule has 1 aliphatic heterocycles. The molecule has 1 aliphatic rings. The average molecular weight is 293 g/mol. The van der Waals surface area contributed by atoms with E-state index in [1.165, 1.54) is 13.0 Å². The van der Waals surface area contributed by atoms with E-state index in [0.717, 1.165) is 10.8 Å². The fourth-order valence-electron chi connectivity index (χ4n) is 1.97. The summed E-state index contributed by atoms with van der Waals surface area (Å²) < 4.78 is 5.54. The van der Waals surface area contributed by atoms with E-state index in [1.54, 1.807) is 6.92 Å². The van der Waals surface area contributed by atoms with Gasteiger partial charge in [-0.2, -0.15) is 9.78 Å². The van der Waals surface area contributed by atoms with Crippen LogP contribution >= 0.6 is 0 Å². The molecule has 0 aromatic heterocycles. The molecule has 0 spiro atoms. The summed E-state index contributed by atoms with van der Waals surface area (Å²) in [6, 6.07) is 7.36. The zero-order valence-electron chi connectivity index (χ0n) is 11.5. The summed E-state index contributed by atoms with van der Waals surface area (Å²) >= 11 is 0. The summed E-state index contributed by atoms with van der Waals surface area (Å²) in [5.74, 6) is -0.367. The van der Waals surface area contributed by atoms with Crippen molar-refractivity contribution in [3.63, 3.8) is 0 Å². The van der Waals surface area contributed by atoms with Crippen LogP contribution in [0.3, 0.4) is 0 Å². The Bertz CT molecular complexity index is 563. The molecule has 0 bridgehead atoms. The number of rotatable bonds is 5. The minimum Gasteiger partial charge on any atom is -0.509 e. The SMILES string of the molecule is CC(=O)O[Si](C)(c1ccc(CN=C=O)cc1)C1(C)OO1. The van der Waals surface area contributed by atoms with Gasteiger partial charge in [-0.3, -0.25) is 4.79 Å². The first kappa shape index (κ1) is 14.6. The van der Waals surface area contributed by atoms with Crippen molar-refractivity contribution in [1.29, 1.82) is 0 Å². The predicted octanol–water partition coefficient (Wildman–Crippen LogP) is 1.08. The third kappa shape index (κ3) is 2.71. The standard InChI is InChI=1S/C13H15NO5Si/c1-10(16)17-20(3,13(2)18-19-13)12-6-4-11(5-7-12)8-14-9-15/h4-7H,8H2,1-3H3. The van der Waals surface area contributed by atoms with Crippen LogP contribution in [-0.4, -0.2) is 25.8 Å². The zero-order chi connectivity index (χ0) is 14.8. The Morgan fingerprint density at radius 1 is 1.40 bits per heavy atom. The number of hydrogen-bond donors (Lipinski definition) is 0. The molecule has 0 aliphatic carbocycles. The number of nitrogens with zero attached hydrogens (tertiary/aromatic N) is 1. The zero-order valence-corrected chi connectivity index (χ0v) is 12.5. The summed E-state index contributed by atoms with van der Waals surface area (Å²) in [7, 11) is -2.74. The fourth-order valence-corrected chi connectivity index (χ4v) is 4.54. The number of aliphatic imine (C=N–C) groups is 1. The van der Waals surface area contributed by atoms with Gasteiger partial charge in [0.1, 0.15) is 0 Å². The minimum absolute atomic E-state index is 0.278. The van der Waals surface area contributed by atoms with E-state index in [0.29, 0.717) is 0 Å². The normalized spacial score (nSPS) is 18.6. The first-order chi connectivity index (χ1) is 9.41. The second-order valence-corrected chi connectivity index (χ2v) is 8.60. The molecule has 6 nitrogen and oxygen atoms in total. The van der Waals surface area contributed by atoms with Crippen LogP contribution in [0.4, 0.5) is 0 Å². The molecule has 0 saturated carbocycles. The minimum atomic E-state index is -2.74. The summed E-state index contributed by atoms with van der Waals surface area (Å²) in [6.45, 7) is 5.26. The van der Waals surface area contributed by atoms with E-state index in [1.807, 2.05) is 30.8 Å². The highest BCUT2D eigenvalue weighted by molar-refractivity contribution is 6.88. The average Bonchev–Trinajstić information content (AvgIpc) is 3.16. The highest BCUT2D eigenvalue weighted by Crippen LogP contribution is 2.39. The third-order valence-corrected chi connectivity index (χ3v) is 7.41. The molecular formula is C13H15NO5Si.